The van der Waals surface area contributed by atoms with Gasteiger partial charge >= 0.3 is 12.4 Å². The number of likely N-dealkylation sites (tertiary alicyclic amines) is 1. The van der Waals surface area contributed by atoms with Gasteiger partial charge in [-0.25, -0.2) is 18.1 Å². The molecule has 15 heteroatoms. The van der Waals surface area contributed by atoms with Gasteiger partial charge in [-0.15, -0.1) is 0 Å². The van der Waals surface area contributed by atoms with Crippen molar-refractivity contribution in [3.8, 4) is 5.75 Å². The largest absolute Gasteiger partial charge is 0.480 e. The first-order chi connectivity index (χ1) is 15.9. The molecular weight excluding hydrogens is 506 g/mol. The van der Waals surface area contributed by atoms with Gasteiger partial charge in [0.05, 0.1) is 15.9 Å². The van der Waals surface area contributed by atoms with Gasteiger partial charge in [-0.3, -0.25) is 4.79 Å². The number of sulfone groups is 1. The van der Waals surface area contributed by atoms with E-state index >= 15 is 0 Å². The molecular formula is C20H20F6N4O4S. The number of nitrogens with zero attached hydrogens (tertiary/aromatic N) is 4. The Bertz CT molecular complexity index is 1290. The summed E-state index contributed by atoms with van der Waals surface area (Å²) in [5.41, 5.74) is -1.31. The maximum atomic E-state index is 13.3. The molecule has 0 spiro atoms. The van der Waals surface area contributed by atoms with Gasteiger partial charge in [-0.2, -0.15) is 31.4 Å². The highest BCUT2D eigenvalue weighted by molar-refractivity contribution is 7.90. The quantitative estimate of drug-likeness (QED) is 0.557. The summed E-state index contributed by atoms with van der Waals surface area (Å²) in [4.78, 5) is 17.9. The molecule has 4 rings (SSSR count). The Labute approximate surface area is 195 Å². The van der Waals surface area contributed by atoms with Gasteiger partial charge in [0, 0.05) is 26.4 Å². The van der Waals surface area contributed by atoms with E-state index in [0.717, 1.165) is 38.4 Å². The molecule has 1 aromatic carbocycles. The summed E-state index contributed by atoms with van der Waals surface area (Å²) < 4.78 is 108. The fraction of sp³-hybridized carbons (Fsp3) is 0.550. The summed E-state index contributed by atoms with van der Waals surface area (Å²) in [6, 6.07) is 2.95. The number of benzene rings is 1. The number of hydrogen-bond acceptors (Lipinski definition) is 6. The highest BCUT2D eigenvalue weighted by Gasteiger charge is 2.65. The van der Waals surface area contributed by atoms with Crippen LogP contribution in [0.15, 0.2) is 23.1 Å². The lowest BCUT2D eigenvalue weighted by atomic mass is 10.1. The van der Waals surface area contributed by atoms with Crippen molar-refractivity contribution in [2.75, 3.05) is 19.3 Å². The number of fused-ring (bicyclic) bond motifs is 1. The average molecular weight is 526 g/mol. The number of amides is 1. The van der Waals surface area contributed by atoms with Crippen molar-refractivity contribution >= 4 is 15.7 Å². The molecule has 1 saturated heterocycles. The van der Waals surface area contributed by atoms with Crippen LogP contribution in [0.1, 0.15) is 35.4 Å². The molecule has 2 aromatic rings. The predicted molar refractivity (Wildman–Crippen MR) is 107 cm³/mol. The van der Waals surface area contributed by atoms with Crippen LogP contribution in [0.4, 0.5) is 26.3 Å². The maximum Gasteiger partial charge on any atom is 0.451 e. The number of halogens is 6. The number of aryl methyl sites for hydroxylation is 1. The summed E-state index contributed by atoms with van der Waals surface area (Å²) in [5.74, 6) is -2.77. The number of alkyl halides is 6. The fourth-order valence-corrected chi connectivity index (χ4v) is 4.91. The van der Waals surface area contributed by atoms with Gasteiger partial charge in [0.2, 0.25) is 5.82 Å². The van der Waals surface area contributed by atoms with E-state index in [4.69, 9.17) is 4.74 Å². The van der Waals surface area contributed by atoms with Crippen molar-refractivity contribution in [2.24, 2.45) is 13.0 Å². The standard InChI is InChI=1S/C20H20F6N4O4S/c1-10(19(21,22)23)34-14-5-4-12(35(3,32)33)6-13(14)15(31)30-8-11-7-18(11,9-30)16-27-17(20(24,25)26)29(2)28-16/h4-6,10-11H,7-9H2,1-3H3. The van der Waals surface area contributed by atoms with Crippen molar-refractivity contribution in [3.05, 3.63) is 35.4 Å². The van der Waals surface area contributed by atoms with Crippen LogP contribution in [0.25, 0.3) is 0 Å². The molecule has 192 valence electrons. The van der Waals surface area contributed by atoms with E-state index in [1.165, 1.54) is 4.90 Å². The SMILES string of the molecule is CC(Oc1ccc(S(C)(=O)=O)cc1C(=O)N1CC2CC2(c2nc(C(F)(F)F)n(C)n2)C1)C(F)(F)F. The monoisotopic (exact) mass is 526 g/mol. The molecule has 1 aliphatic carbocycles. The predicted octanol–water partition coefficient (Wildman–Crippen LogP) is 2.98. The van der Waals surface area contributed by atoms with E-state index in [1.54, 1.807) is 0 Å². The zero-order valence-electron chi connectivity index (χ0n) is 18.6. The lowest BCUT2D eigenvalue weighted by Gasteiger charge is -2.24. The number of carbonyl (C=O) groups excluding carboxylic acids is 1. The van der Waals surface area contributed by atoms with Gasteiger partial charge in [0.15, 0.2) is 21.8 Å². The molecule has 1 aliphatic heterocycles. The van der Waals surface area contributed by atoms with E-state index in [-0.39, 0.29) is 29.7 Å². The van der Waals surface area contributed by atoms with E-state index in [9.17, 15) is 39.6 Å². The second-order valence-electron chi connectivity index (χ2n) is 8.86. The maximum absolute atomic E-state index is 13.3. The first-order valence-corrected chi connectivity index (χ1v) is 12.2. The Morgan fingerprint density at radius 3 is 2.43 bits per heavy atom. The van der Waals surface area contributed by atoms with Crippen molar-refractivity contribution < 1.29 is 44.3 Å². The third-order valence-electron chi connectivity index (χ3n) is 6.27. The molecule has 2 aliphatic rings. The van der Waals surface area contributed by atoms with Crippen LogP contribution in [0.2, 0.25) is 0 Å². The number of carbonyl (C=O) groups is 1. The van der Waals surface area contributed by atoms with Crippen LogP contribution in [0, 0.1) is 5.92 Å². The Kier molecular flexibility index (Phi) is 5.65. The van der Waals surface area contributed by atoms with Gasteiger partial charge in [0.25, 0.3) is 5.91 Å². The molecule has 1 amide bonds. The van der Waals surface area contributed by atoms with Gasteiger partial charge < -0.3 is 9.64 Å². The Hall–Kier alpha value is -2.84. The minimum absolute atomic E-state index is 0.0697. The number of piperidine rings is 1. The topological polar surface area (TPSA) is 94.4 Å². The van der Waals surface area contributed by atoms with Crippen molar-refractivity contribution in [1.82, 2.24) is 19.7 Å². The van der Waals surface area contributed by atoms with Crippen LogP contribution >= 0.6 is 0 Å². The number of aromatic nitrogens is 3. The molecule has 0 radical (unpaired) electrons. The van der Waals surface area contributed by atoms with Gasteiger partial charge in [-0.1, -0.05) is 0 Å². The molecule has 2 fully saturated rings. The van der Waals surface area contributed by atoms with Crippen molar-refractivity contribution in [3.63, 3.8) is 0 Å². The molecule has 1 aromatic heterocycles. The Morgan fingerprint density at radius 2 is 1.89 bits per heavy atom. The number of rotatable bonds is 5. The minimum Gasteiger partial charge on any atom is -0.480 e. The molecule has 3 atom stereocenters. The van der Waals surface area contributed by atoms with Crippen molar-refractivity contribution in [1.29, 1.82) is 0 Å². The molecule has 0 bridgehead atoms. The molecule has 1 saturated carbocycles. The second-order valence-corrected chi connectivity index (χ2v) is 10.9. The molecule has 35 heavy (non-hydrogen) atoms. The van der Waals surface area contributed by atoms with Gasteiger partial charge in [0.1, 0.15) is 5.75 Å². The van der Waals surface area contributed by atoms with Crippen LogP contribution < -0.4 is 4.74 Å². The lowest BCUT2D eigenvalue weighted by molar-refractivity contribution is -0.189. The zero-order valence-corrected chi connectivity index (χ0v) is 19.4. The Morgan fingerprint density at radius 1 is 1.23 bits per heavy atom. The Balaban J connectivity index is 1.65. The van der Waals surface area contributed by atoms with E-state index in [1.807, 2.05) is 0 Å². The average Bonchev–Trinajstić information content (AvgIpc) is 3.06. The first kappa shape index (κ1) is 25.3. The smallest absolute Gasteiger partial charge is 0.451 e. The van der Waals surface area contributed by atoms with E-state index in [2.05, 4.69) is 10.1 Å². The number of ether oxygens (including phenoxy) is 1. The van der Waals surface area contributed by atoms with Gasteiger partial charge in [-0.05, 0) is 37.5 Å². The summed E-state index contributed by atoms with van der Waals surface area (Å²) >= 11 is 0. The summed E-state index contributed by atoms with van der Waals surface area (Å²) in [6.45, 7) is 0.759. The number of hydrogen-bond donors (Lipinski definition) is 0. The van der Waals surface area contributed by atoms with E-state index < -0.39 is 56.8 Å². The molecule has 8 nitrogen and oxygen atoms in total. The molecule has 3 unspecified atom stereocenters. The van der Waals surface area contributed by atoms with Crippen LogP contribution in [0.5, 0.6) is 5.75 Å². The summed E-state index contributed by atoms with van der Waals surface area (Å²) in [7, 11) is -2.70. The first-order valence-electron chi connectivity index (χ1n) is 10.3. The zero-order chi connectivity index (χ0) is 26.1. The highest BCUT2D eigenvalue weighted by Crippen LogP contribution is 2.58. The third kappa shape index (κ3) is 4.57. The second kappa shape index (κ2) is 7.83. The molecule has 2 heterocycles. The van der Waals surface area contributed by atoms with E-state index in [0.29, 0.717) is 11.1 Å². The summed E-state index contributed by atoms with van der Waals surface area (Å²) in [5, 5.41) is 3.89. The summed E-state index contributed by atoms with van der Waals surface area (Å²) in [6.07, 6.45) is -10.4. The van der Waals surface area contributed by atoms with Crippen LogP contribution in [-0.2, 0) is 28.5 Å². The normalized spacial score (nSPS) is 23.2. The van der Waals surface area contributed by atoms with Crippen LogP contribution in [0.3, 0.4) is 0 Å². The van der Waals surface area contributed by atoms with Crippen LogP contribution in [-0.4, -0.2) is 65.6 Å². The lowest BCUT2D eigenvalue weighted by Crippen LogP contribution is -2.35. The third-order valence-corrected chi connectivity index (χ3v) is 7.38. The minimum atomic E-state index is -4.74. The fourth-order valence-electron chi connectivity index (χ4n) is 4.26. The molecule has 0 N–H and O–H groups in total. The van der Waals surface area contributed by atoms with Crippen molar-refractivity contribution in [2.45, 2.75) is 42.1 Å². The highest BCUT2D eigenvalue weighted by atomic mass is 32.2.